The summed E-state index contributed by atoms with van der Waals surface area (Å²) in [6.07, 6.45) is -0.725. The van der Waals surface area contributed by atoms with Crippen LogP contribution in [0.15, 0.2) is 24.3 Å². The number of carbonyl (C=O) groups is 3. The zero-order chi connectivity index (χ0) is 23.2. The van der Waals surface area contributed by atoms with E-state index in [0.29, 0.717) is 11.3 Å². The van der Waals surface area contributed by atoms with Gasteiger partial charge in [0, 0.05) is 12.0 Å². The monoisotopic (exact) mass is 498 g/mol. The van der Waals surface area contributed by atoms with Crippen LogP contribution >= 0.6 is 34.8 Å². The molecule has 4 rings (SSSR count). The molecule has 0 spiro atoms. The number of likely N-dealkylation sites (tertiary alicyclic amines) is 1. The molecule has 0 unspecified atom stereocenters. The lowest BCUT2D eigenvalue weighted by atomic mass is 10.1. The highest BCUT2D eigenvalue weighted by molar-refractivity contribution is 6.44. The Morgan fingerprint density at radius 3 is 2.50 bits per heavy atom. The van der Waals surface area contributed by atoms with Crippen LogP contribution in [-0.2, 0) is 14.3 Å². The topological polar surface area (TPSA) is 94.2 Å². The van der Waals surface area contributed by atoms with Crippen molar-refractivity contribution in [1.82, 2.24) is 4.90 Å². The Labute approximate surface area is 198 Å². The highest BCUT2D eigenvalue weighted by Gasteiger charge is 2.47. The van der Waals surface area contributed by atoms with Crippen LogP contribution in [0, 0.1) is 0 Å². The molecule has 11 heteroatoms. The minimum Gasteiger partial charge on any atom is -0.493 e. The van der Waals surface area contributed by atoms with Gasteiger partial charge in [-0.25, -0.2) is 4.79 Å². The zero-order valence-corrected chi connectivity index (χ0v) is 19.2. The third-order valence-corrected chi connectivity index (χ3v) is 6.38. The smallest absolute Gasteiger partial charge is 0.344 e. The summed E-state index contributed by atoms with van der Waals surface area (Å²) in [5.41, 5.74) is 0.817. The van der Waals surface area contributed by atoms with Crippen molar-refractivity contribution in [3.63, 3.8) is 0 Å². The number of halogens is 3. The van der Waals surface area contributed by atoms with Crippen LogP contribution in [-0.4, -0.2) is 42.9 Å². The molecule has 1 N–H and O–H groups in total. The van der Waals surface area contributed by atoms with Gasteiger partial charge in [0.25, 0.3) is 0 Å². The Morgan fingerprint density at radius 2 is 1.81 bits per heavy atom. The van der Waals surface area contributed by atoms with Crippen LogP contribution in [0.3, 0.4) is 0 Å². The number of nitrogens with zero attached hydrogens (tertiary/aromatic N) is 1. The lowest BCUT2D eigenvalue weighted by Gasteiger charge is -2.29. The Balaban J connectivity index is 1.66. The van der Waals surface area contributed by atoms with Crippen LogP contribution in [0.4, 0.5) is 5.69 Å². The first-order valence-corrected chi connectivity index (χ1v) is 10.6. The minimum atomic E-state index is -1.08. The Morgan fingerprint density at radius 1 is 1.09 bits per heavy atom. The van der Waals surface area contributed by atoms with Gasteiger partial charge in [0.1, 0.15) is 11.6 Å². The number of anilines is 1. The van der Waals surface area contributed by atoms with Gasteiger partial charge in [-0.2, -0.15) is 0 Å². The maximum Gasteiger partial charge on any atom is 0.344 e. The highest BCUT2D eigenvalue weighted by Crippen LogP contribution is 2.45. The molecule has 2 atom stereocenters. The van der Waals surface area contributed by atoms with Gasteiger partial charge in [0.2, 0.25) is 18.0 Å². The van der Waals surface area contributed by atoms with Crippen molar-refractivity contribution >= 4 is 58.3 Å². The first-order valence-electron chi connectivity index (χ1n) is 9.49. The van der Waals surface area contributed by atoms with Crippen molar-refractivity contribution in [2.24, 2.45) is 0 Å². The molecule has 2 amide bonds. The summed E-state index contributed by atoms with van der Waals surface area (Å²) in [5.74, 6) is -0.952. The number of hydrogen-bond donors (Lipinski definition) is 1. The van der Waals surface area contributed by atoms with Crippen molar-refractivity contribution in [3.05, 3.63) is 50.5 Å². The molecule has 2 aliphatic rings. The molecule has 1 fully saturated rings. The summed E-state index contributed by atoms with van der Waals surface area (Å²) in [6.45, 7) is 0. The van der Waals surface area contributed by atoms with Gasteiger partial charge in [-0.05, 0) is 30.7 Å². The van der Waals surface area contributed by atoms with E-state index >= 15 is 0 Å². The third kappa shape index (κ3) is 3.72. The third-order valence-electron chi connectivity index (χ3n) is 5.35. The number of benzene rings is 2. The number of carbonyl (C=O) groups excluding carboxylic acids is 3. The molecular weight excluding hydrogens is 483 g/mol. The van der Waals surface area contributed by atoms with Crippen LogP contribution in [0.2, 0.25) is 15.1 Å². The number of hydrogen-bond acceptors (Lipinski definition) is 6. The lowest BCUT2D eigenvalue weighted by Crippen LogP contribution is -2.43. The van der Waals surface area contributed by atoms with E-state index < -0.39 is 24.1 Å². The van der Waals surface area contributed by atoms with E-state index in [0.717, 1.165) is 0 Å². The maximum atomic E-state index is 13.1. The second kappa shape index (κ2) is 8.69. The van der Waals surface area contributed by atoms with Gasteiger partial charge < -0.3 is 19.5 Å². The molecule has 0 aliphatic carbocycles. The first-order chi connectivity index (χ1) is 15.3. The molecular formula is C21H17Cl3N2O6. The maximum absolute atomic E-state index is 13.1. The van der Waals surface area contributed by atoms with E-state index in [4.69, 9.17) is 49.0 Å². The summed E-state index contributed by atoms with van der Waals surface area (Å²) >= 11 is 18.1. The number of fused-ring (bicyclic) bond motifs is 1. The van der Waals surface area contributed by atoms with Gasteiger partial charge in [0.15, 0.2) is 11.5 Å². The Bertz CT molecular complexity index is 1140. The van der Waals surface area contributed by atoms with Gasteiger partial charge in [0.05, 0.1) is 35.0 Å². The summed E-state index contributed by atoms with van der Waals surface area (Å²) in [5, 5.41) is 3.33. The predicted molar refractivity (Wildman–Crippen MR) is 118 cm³/mol. The zero-order valence-electron chi connectivity index (χ0n) is 16.9. The van der Waals surface area contributed by atoms with E-state index in [2.05, 4.69) is 5.32 Å². The molecule has 2 heterocycles. The lowest BCUT2D eigenvalue weighted by molar-refractivity contribution is -0.144. The second-order valence-electron chi connectivity index (χ2n) is 7.11. The van der Waals surface area contributed by atoms with Crippen molar-refractivity contribution in [2.75, 3.05) is 19.5 Å². The summed E-state index contributed by atoms with van der Waals surface area (Å²) in [4.78, 5) is 39.7. The fourth-order valence-electron chi connectivity index (χ4n) is 3.88. The van der Waals surface area contributed by atoms with Crippen LogP contribution < -0.4 is 14.8 Å². The highest BCUT2D eigenvalue weighted by atomic mass is 35.5. The summed E-state index contributed by atoms with van der Waals surface area (Å²) in [7, 11) is 2.84. The van der Waals surface area contributed by atoms with Crippen molar-refractivity contribution in [3.8, 4) is 11.5 Å². The fraction of sp³-hybridized carbons (Fsp3) is 0.286. The predicted octanol–water partition coefficient (Wildman–Crippen LogP) is 4.46. The van der Waals surface area contributed by atoms with Gasteiger partial charge in [-0.15, -0.1) is 0 Å². The van der Waals surface area contributed by atoms with Gasteiger partial charge in [-0.1, -0.05) is 34.8 Å². The molecule has 32 heavy (non-hydrogen) atoms. The number of ether oxygens (including phenoxy) is 3. The van der Waals surface area contributed by atoms with E-state index in [-0.39, 0.29) is 50.8 Å². The van der Waals surface area contributed by atoms with E-state index in [1.165, 1.54) is 31.3 Å². The molecule has 2 aromatic carbocycles. The second-order valence-corrected chi connectivity index (χ2v) is 8.34. The molecule has 0 radical (unpaired) electrons. The fourth-order valence-corrected chi connectivity index (χ4v) is 4.47. The number of methoxy groups -OCH3 is 2. The van der Waals surface area contributed by atoms with Gasteiger partial charge in [-0.3, -0.25) is 14.5 Å². The van der Waals surface area contributed by atoms with E-state index in [1.54, 1.807) is 12.1 Å². The largest absolute Gasteiger partial charge is 0.493 e. The van der Waals surface area contributed by atoms with Crippen LogP contribution in [0.25, 0.3) is 0 Å². The number of nitrogens with one attached hydrogen (secondary N) is 1. The SMILES string of the molecule is COc1ccc2c(c1OC)C(=O)O[C@@H]2N1C(=O)CC[C@H]1C(=O)Nc1cc(Cl)c(Cl)cc1Cl. The molecule has 2 aromatic rings. The number of rotatable bonds is 5. The van der Waals surface area contributed by atoms with Crippen LogP contribution in [0.1, 0.15) is 35.0 Å². The average Bonchev–Trinajstić information content (AvgIpc) is 3.30. The Kier molecular flexibility index (Phi) is 6.11. The number of cyclic esters (lactones) is 1. The average molecular weight is 500 g/mol. The van der Waals surface area contributed by atoms with Crippen molar-refractivity contribution in [1.29, 1.82) is 0 Å². The molecule has 2 aliphatic heterocycles. The van der Waals surface area contributed by atoms with E-state index in [9.17, 15) is 14.4 Å². The Hall–Kier alpha value is -2.68. The number of esters is 1. The molecule has 168 valence electrons. The molecule has 0 bridgehead atoms. The quantitative estimate of drug-likeness (QED) is 0.482. The standard InChI is InChI=1S/C21H17Cl3N2O6/c1-30-15-5-3-9-17(18(15)31-2)21(29)32-20(9)26-14(4-6-16(26)27)19(28)25-13-8-11(23)10(22)7-12(13)24/h3,5,7-8,14,20H,4,6H2,1-2H3,(H,25,28)/t14-,20-/m0/s1. The van der Waals surface area contributed by atoms with Crippen LogP contribution in [0.5, 0.6) is 11.5 Å². The summed E-state index contributed by atoms with van der Waals surface area (Å²) in [6, 6.07) is 5.16. The normalized spacial score (nSPS) is 19.6. The molecule has 8 nitrogen and oxygen atoms in total. The molecule has 0 aromatic heterocycles. The van der Waals surface area contributed by atoms with Crippen molar-refractivity contribution in [2.45, 2.75) is 25.1 Å². The minimum absolute atomic E-state index is 0.115. The summed E-state index contributed by atoms with van der Waals surface area (Å²) < 4.78 is 16.1. The first kappa shape index (κ1) is 22.5. The number of amides is 2. The molecule has 0 saturated carbocycles. The molecule has 1 saturated heterocycles. The van der Waals surface area contributed by atoms with Gasteiger partial charge >= 0.3 is 5.97 Å². The van der Waals surface area contributed by atoms with E-state index in [1.807, 2.05) is 0 Å². The van der Waals surface area contributed by atoms with Crippen molar-refractivity contribution < 1.29 is 28.6 Å².